The van der Waals surface area contributed by atoms with Gasteiger partial charge in [-0.05, 0) is 25.5 Å². The molecule has 0 spiro atoms. The molecule has 2 unspecified atom stereocenters. The van der Waals surface area contributed by atoms with Gasteiger partial charge < -0.3 is 44.9 Å². The molecular weight excluding hydrogens is 476 g/mol. The minimum Gasteiger partial charge on any atom is -0.485 e. The van der Waals surface area contributed by atoms with Crippen LogP contribution in [-0.4, -0.2) is 97.4 Å². The second kappa shape index (κ2) is 13.2. The van der Waals surface area contributed by atoms with Crippen molar-refractivity contribution in [3.63, 3.8) is 0 Å². The largest absolute Gasteiger partial charge is 0.485 e. The Kier molecular flexibility index (Phi) is 10.6. The second-order valence-corrected chi connectivity index (χ2v) is 8.05. The normalized spacial score (nSPS) is 19.5. The smallest absolute Gasteiger partial charge is 0.414 e. The fraction of sp³-hybridized carbons (Fsp3) is 0.571. The number of esters is 1. The van der Waals surface area contributed by atoms with Gasteiger partial charge in [0.25, 0.3) is 0 Å². The molecule has 34 heavy (non-hydrogen) atoms. The highest BCUT2D eigenvalue weighted by Gasteiger charge is 2.30. The molecule has 0 bridgehead atoms. The summed E-state index contributed by atoms with van der Waals surface area (Å²) in [6.07, 6.45) is 1.13. The standard InChI is InChI=1S/C19H27ClN2O6.C2H2O4/c1-25-6-2-4-22-5-3-12(15(23)10-22)11-28-19(24)13-9-14(20)16(21)18-17(13)26-7-8-27-18;3-1(4)2(5)6/h9,12,15,23H,2-8,10-11,21H2,1H3;(H,3,4)(H,5,6). The van der Waals surface area contributed by atoms with Gasteiger partial charge in [0.05, 0.1) is 23.4 Å². The number of hydrogen-bond acceptors (Lipinski definition) is 10. The van der Waals surface area contributed by atoms with Crippen molar-refractivity contribution in [3.8, 4) is 11.5 Å². The molecule has 0 radical (unpaired) electrons. The van der Waals surface area contributed by atoms with E-state index in [9.17, 15) is 9.90 Å². The predicted molar refractivity (Wildman–Crippen MR) is 119 cm³/mol. The SMILES string of the molecule is COCCCN1CCC(COC(=O)c2cc(Cl)c(N)c3c2OCCO3)C(O)C1.O=C(O)C(=O)O. The van der Waals surface area contributed by atoms with Crippen molar-refractivity contribution in [1.29, 1.82) is 0 Å². The highest BCUT2D eigenvalue weighted by atomic mass is 35.5. The van der Waals surface area contributed by atoms with Crippen LogP contribution in [0.1, 0.15) is 23.2 Å². The molecule has 0 aliphatic carbocycles. The molecule has 1 aromatic carbocycles. The Morgan fingerprint density at radius 2 is 1.85 bits per heavy atom. The van der Waals surface area contributed by atoms with Crippen LogP contribution in [0.15, 0.2) is 6.07 Å². The number of rotatable bonds is 7. The lowest BCUT2D eigenvalue weighted by atomic mass is 9.94. The Hall–Kier alpha value is -2.80. The Balaban J connectivity index is 0.000000604. The van der Waals surface area contributed by atoms with Crippen LogP contribution in [0, 0.1) is 5.92 Å². The van der Waals surface area contributed by atoms with Crippen LogP contribution in [0.5, 0.6) is 11.5 Å². The molecule has 2 aliphatic heterocycles. The van der Waals surface area contributed by atoms with E-state index < -0.39 is 24.0 Å². The number of fused-ring (bicyclic) bond motifs is 1. The topological polar surface area (TPSA) is 178 Å². The molecule has 12 nitrogen and oxygen atoms in total. The molecule has 0 saturated carbocycles. The van der Waals surface area contributed by atoms with Gasteiger partial charge in [0, 0.05) is 32.7 Å². The maximum Gasteiger partial charge on any atom is 0.414 e. The molecule has 0 amide bonds. The van der Waals surface area contributed by atoms with E-state index in [1.807, 2.05) is 0 Å². The quantitative estimate of drug-likeness (QED) is 0.177. The van der Waals surface area contributed by atoms with Crippen LogP contribution >= 0.6 is 11.6 Å². The van der Waals surface area contributed by atoms with Gasteiger partial charge in [-0.1, -0.05) is 11.6 Å². The number of aliphatic carboxylic acids is 2. The number of nitrogens with zero attached hydrogens (tertiary/aromatic N) is 1. The van der Waals surface area contributed by atoms with Gasteiger partial charge in [0.15, 0.2) is 11.5 Å². The van der Waals surface area contributed by atoms with E-state index in [4.69, 9.17) is 56.1 Å². The number of methoxy groups -OCH3 is 1. The Morgan fingerprint density at radius 1 is 1.21 bits per heavy atom. The fourth-order valence-electron chi connectivity index (χ4n) is 3.48. The van der Waals surface area contributed by atoms with Crippen molar-refractivity contribution < 1.29 is 48.7 Å². The molecule has 1 fully saturated rings. The van der Waals surface area contributed by atoms with Crippen molar-refractivity contribution in [2.45, 2.75) is 18.9 Å². The third-order valence-electron chi connectivity index (χ3n) is 5.26. The number of β-amino-alcohol motifs (C(OH)–C–C–N with tert-alkyl or cyclic N) is 1. The molecule has 3 rings (SSSR count). The van der Waals surface area contributed by atoms with Gasteiger partial charge in [-0.25, -0.2) is 14.4 Å². The van der Waals surface area contributed by atoms with Crippen LogP contribution < -0.4 is 15.2 Å². The summed E-state index contributed by atoms with van der Waals surface area (Å²) in [6.45, 7) is 3.77. The maximum absolute atomic E-state index is 12.6. The van der Waals surface area contributed by atoms with Gasteiger partial charge >= 0.3 is 17.9 Å². The summed E-state index contributed by atoms with van der Waals surface area (Å²) in [5.41, 5.74) is 6.32. The molecule has 2 aliphatic rings. The van der Waals surface area contributed by atoms with E-state index in [2.05, 4.69) is 4.90 Å². The summed E-state index contributed by atoms with van der Waals surface area (Å²) in [4.78, 5) is 33.0. The lowest BCUT2D eigenvalue weighted by Crippen LogP contribution is -2.45. The zero-order valence-corrected chi connectivity index (χ0v) is 19.5. The highest BCUT2D eigenvalue weighted by Crippen LogP contribution is 2.43. The number of aliphatic hydroxyl groups excluding tert-OH is 1. The van der Waals surface area contributed by atoms with Gasteiger partial charge in [0.2, 0.25) is 0 Å². The lowest BCUT2D eigenvalue weighted by molar-refractivity contribution is -0.159. The monoisotopic (exact) mass is 504 g/mol. The molecule has 13 heteroatoms. The van der Waals surface area contributed by atoms with Crippen molar-refractivity contribution in [3.05, 3.63) is 16.7 Å². The Bertz CT molecular complexity index is 870. The van der Waals surface area contributed by atoms with Crippen molar-refractivity contribution >= 4 is 35.2 Å². The zero-order valence-electron chi connectivity index (χ0n) is 18.7. The van der Waals surface area contributed by atoms with E-state index in [0.717, 1.165) is 25.9 Å². The first-order valence-corrected chi connectivity index (χ1v) is 10.9. The molecule has 5 N–H and O–H groups in total. The van der Waals surface area contributed by atoms with Crippen LogP contribution in [0.2, 0.25) is 5.02 Å². The maximum atomic E-state index is 12.6. The number of carboxylic acids is 2. The Labute approximate surface area is 201 Å². The molecular formula is C21H29ClN2O10. The summed E-state index contributed by atoms with van der Waals surface area (Å²) >= 11 is 6.11. The summed E-state index contributed by atoms with van der Waals surface area (Å²) in [7, 11) is 1.68. The number of halogens is 1. The third-order valence-corrected chi connectivity index (χ3v) is 5.57. The van der Waals surface area contributed by atoms with E-state index >= 15 is 0 Å². The van der Waals surface area contributed by atoms with Crippen LogP contribution in [0.3, 0.4) is 0 Å². The summed E-state index contributed by atoms with van der Waals surface area (Å²) in [5.74, 6) is -3.80. The third kappa shape index (κ3) is 7.62. The number of carbonyl (C=O) groups is 3. The van der Waals surface area contributed by atoms with Crippen molar-refractivity contribution in [1.82, 2.24) is 4.90 Å². The first-order valence-electron chi connectivity index (χ1n) is 10.6. The van der Waals surface area contributed by atoms with Gasteiger partial charge in [-0.2, -0.15) is 0 Å². The van der Waals surface area contributed by atoms with Gasteiger partial charge in [0.1, 0.15) is 18.8 Å². The van der Waals surface area contributed by atoms with Crippen LogP contribution in [0.4, 0.5) is 5.69 Å². The Morgan fingerprint density at radius 3 is 2.44 bits per heavy atom. The number of nitrogens with two attached hydrogens (primary N) is 1. The predicted octanol–water partition coefficient (Wildman–Crippen LogP) is 0.725. The summed E-state index contributed by atoms with van der Waals surface area (Å²) in [5, 5.41) is 25.4. The van der Waals surface area contributed by atoms with Gasteiger partial charge in [-0.15, -0.1) is 0 Å². The van der Waals surface area contributed by atoms with Crippen molar-refractivity contribution in [2.75, 3.05) is 58.9 Å². The van der Waals surface area contributed by atoms with E-state index in [1.165, 1.54) is 6.07 Å². The number of nitrogen functional groups attached to an aromatic ring is 1. The first kappa shape index (κ1) is 27.4. The number of benzene rings is 1. The molecule has 1 aromatic rings. The minimum absolute atomic E-state index is 0.111. The van der Waals surface area contributed by atoms with E-state index in [1.54, 1.807) is 7.11 Å². The molecule has 0 aromatic heterocycles. The number of likely N-dealkylation sites (tertiary alicyclic amines) is 1. The number of hydrogen-bond donors (Lipinski definition) is 4. The highest BCUT2D eigenvalue weighted by molar-refractivity contribution is 6.34. The van der Waals surface area contributed by atoms with Crippen molar-refractivity contribution in [2.24, 2.45) is 5.92 Å². The molecule has 2 heterocycles. The van der Waals surface area contributed by atoms with Gasteiger partial charge in [-0.3, -0.25) is 0 Å². The van der Waals surface area contributed by atoms with Crippen LogP contribution in [0.25, 0.3) is 0 Å². The second-order valence-electron chi connectivity index (χ2n) is 7.65. The number of aliphatic hydroxyl groups is 1. The summed E-state index contributed by atoms with van der Waals surface area (Å²) in [6, 6.07) is 1.43. The number of anilines is 1. The number of ether oxygens (including phenoxy) is 4. The molecule has 1 saturated heterocycles. The number of piperidine rings is 1. The van der Waals surface area contributed by atoms with Crippen LogP contribution in [-0.2, 0) is 19.1 Å². The first-order chi connectivity index (χ1) is 16.1. The van der Waals surface area contributed by atoms with E-state index in [-0.39, 0.29) is 40.3 Å². The average molecular weight is 505 g/mol. The molecule has 2 atom stereocenters. The zero-order chi connectivity index (χ0) is 25.3. The number of carboxylic acid groups (broad SMARTS) is 2. The molecule has 190 valence electrons. The number of carbonyl (C=O) groups excluding carboxylic acids is 1. The average Bonchev–Trinajstić information content (AvgIpc) is 2.81. The van der Waals surface area contributed by atoms with E-state index in [0.29, 0.717) is 26.4 Å². The lowest BCUT2D eigenvalue weighted by Gasteiger charge is -2.35. The minimum atomic E-state index is -1.82. The fourth-order valence-corrected chi connectivity index (χ4v) is 3.68. The summed E-state index contributed by atoms with van der Waals surface area (Å²) < 4.78 is 21.6.